The fourth-order valence-electron chi connectivity index (χ4n) is 0.664. The van der Waals surface area contributed by atoms with Gasteiger partial charge in [-0.1, -0.05) is 0 Å². The Morgan fingerprint density at radius 2 is 2.18 bits per heavy atom. The molecule has 0 radical (unpaired) electrons. The SMILES string of the molecule is CC(CC(N)=O)NCC(F)F. The van der Waals surface area contributed by atoms with Gasteiger partial charge in [-0.15, -0.1) is 0 Å². The number of carbonyl (C=O) groups is 1. The monoisotopic (exact) mass is 166 g/mol. The number of nitrogens with one attached hydrogen (secondary N) is 1. The van der Waals surface area contributed by atoms with E-state index in [1.54, 1.807) is 6.92 Å². The second kappa shape index (κ2) is 5.01. The van der Waals surface area contributed by atoms with Gasteiger partial charge in [0.25, 0.3) is 6.43 Å². The van der Waals surface area contributed by atoms with Crippen molar-refractivity contribution in [3.63, 3.8) is 0 Å². The Balaban J connectivity index is 3.37. The topological polar surface area (TPSA) is 55.1 Å². The van der Waals surface area contributed by atoms with Crippen LogP contribution in [0.25, 0.3) is 0 Å². The van der Waals surface area contributed by atoms with Crippen molar-refractivity contribution in [1.82, 2.24) is 5.32 Å². The normalized spacial score (nSPS) is 13.5. The third kappa shape index (κ3) is 7.18. The lowest BCUT2D eigenvalue weighted by Crippen LogP contribution is -2.34. The van der Waals surface area contributed by atoms with Crippen LogP contribution in [-0.4, -0.2) is 24.9 Å². The molecule has 5 heteroatoms. The molecular formula is C6H12F2N2O. The number of nitrogens with two attached hydrogens (primary N) is 1. The van der Waals surface area contributed by atoms with E-state index in [0.29, 0.717) is 0 Å². The minimum Gasteiger partial charge on any atom is -0.370 e. The fourth-order valence-corrected chi connectivity index (χ4v) is 0.664. The number of amides is 1. The highest BCUT2D eigenvalue weighted by atomic mass is 19.3. The van der Waals surface area contributed by atoms with Crippen molar-refractivity contribution in [2.24, 2.45) is 5.73 Å². The van der Waals surface area contributed by atoms with Gasteiger partial charge >= 0.3 is 0 Å². The van der Waals surface area contributed by atoms with Crippen molar-refractivity contribution in [2.75, 3.05) is 6.54 Å². The number of carbonyl (C=O) groups excluding carboxylic acids is 1. The third-order valence-electron chi connectivity index (χ3n) is 1.13. The maximum atomic E-state index is 11.6. The van der Waals surface area contributed by atoms with E-state index in [1.807, 2.05) is 0 Å². The van der Waals surface area contributed by atoms with Crippen molar-refractivity contribution >= 4 is 5.91 Å². The average molecular weight is 166 g/mol. The van der Waals surface area contributed by atoms with E-state index in [2.05, 4.69) is 5.32 Å². The van der Waals surface area contributed by atoms with E-state index in [0.717, 1.165) is 0 Å². The van der Waals surface area contributed by atoms with Crippen LogP contribution in [0.4, 0.5) is 8.78 Å². The molecule has 3 N–H and O–H groups in total. The molecule has 0 spiro atoms. The van der Waals surface area contributed by atoms with Gasteiger partial charge in [-0.3, -0.25) is 4.79 Å². The molecule has 0 aliphatic rings. The van der Waals surface area contributed by atoms with Gasteiger partial charge in [0.1, 0.15) is 0 Å². The van der Waals surface area contributed by atoms with Crippen molar-refractivity contribution in [2.45, 2.75) is 25.8 Å². The lowest BCUT2D eigenvalue weighted by atomic mass is 10.2. The fraction of sp³-hybridized carbons (Fsp3) is 0.833. The smallest absolute Gasteiger partial charge is 0.250 e. The number of alkyl halides is 2. The third-order valence-corrected chi connectivity index (χ3v) is 1.13. The predicted molar refractivity (Wildman–Crippen MR) is 37.3 cm³/mol. The molecule has 0 aromatic rings. The summed E-state index contributed by atoms with van der Waals surface area (Å²) in [6.07, 6.45) is -2.29. The van der Waals surface area contributed by atoms with Crippen LogP contribution in [-0.2, 0) is 4.79 Å². The van der Waals surface area contributed by atoms with Gasteiger partial charge in [0.05, 0.1) is 6.54 Å². The van der Waals surface area contributed by atoms with Gasteiger partial charge in [0, 0.05) is 12.5 Å². The molecule has 0 aliphatic heterocycles. The van der Waals surface area contributed by atoms with Crippen LogP contribution in [0.3, 0.4) is 0 Å². The maximum absolute atomic E-state index is 11.6. The Labute approximate surface area is 63.9 Å². The standard InChI is InChI=1S/C6H12F2N2O/c1-4(2-6(9)11)10-3-5(7)8/h4-5,10H,2-3H2,1H3,(H2,9,11). The summed E-state index contributed by atoms with van der Waals surface area (Å²) >= 11 is 0. The molecule has 0 aromatic carbocycles. The van der Waals surface area contributed by atoms with Crippen LogP contribution in [0.15, 0.2) is 0 Å². The molecule has 66 valence electrons. The predicted octanol–water partition coefficient (Wildman–Crippen LogP) is 0.105. The summed E-state index contributed by atoms with van der Waals surface area (Å²) in [6.45, 7) is 1.24. The number of hydrogen-bond donors (Lipinski definition) is 2. The Kier molecular flexibility index (Phi) is 4.69. The van der Waals surface area contributed by atoms with Crippen LogP contribution in [0.5, 0.6) is 0 Å². The molecule has 0 aliphatic carbocycles. The van der Waals surface area contributed by atoms with E-state index in [4.69, 9.17) is 5.73 Å². The Hall–Kier alpha value is -0.710. The Morgan fingerprint density at radius 3 is 2.55 bits per heavy atom. The summed E-state index contributed by atoms with van der Waals surface area (Å²) in [5, 5.41) is 2.46. The van der Waals surface area contributed by atoms with Gasteiger partial charge in [0.2, 0.25) is 5.91 Å². The summed E-state index contributed by atoms with van der Waals surface area (Å²) in [6, 6.07) is -0.276. The molecule has 0 rings (SSSR count). The molecular weight excluding hydrogens is 154 g/mol. The zero-order valence-corrected chi connectivity index (χ0v) is 6.31. The minimum atomic E-state index is -2.38. The second-order valence-corrected chi connectivity index (χ2v) is 2.37. The van der Waals surface area contributed by atoms with Crippen molar-refractivity contribution in [1.29, 1.82) is 0 Å². The molecule has 1 atom stereocenters. The first-order valence-electron chi connectivity index (χ1n) is 3.32. The number of hydrogen-bond acceptors (Lipinski definition) is 2. The molecule has 3 nitrogen and oxygen atoms in total. The minimum absolute atomic E-state index is 0.0900. The van der Waals surface area contributed by atoms with Crippen molar-refractivity contribution in [3.05, 3.63) is 0 Å². The zero-order chi connectivity index (χ0) is 8.85. The highest BCUT2D eigenvalue weighted by molar-refractivity contribution is 5.74. The number of halogens is 2. The first kappa shape index (κ1) is 10.3. The quantitative estimate of drug-likeness (QED) is 0.608. The second-order valence-electron chi connectivity index (χ2n) is 2.37. The number of rotatable bonds is 5. The van der Waals surface area contributed by atoms with E-state index < -0.39 is 18.9 Å². The summed E-state index contributed by atoms with van der Waals surface area (Å²) in [4.78, 5) is 10.2. The van der Waals surface area contributed by atoms with E-state index in [-0.39, 0.29) is 12.5 Å². The van der Waals surface area contributed by atoms with Gasteiger partial charge in [-0.2, -0.15) is 0 Å². The van der Waals surface area contributed by atoms with Gasteiger partial charge < -0.3 is 11.1 Å². The lowest BCUT2D eigenvalue weighted by Gasteiger charge is -2.10. The maximum Gasteiger partial charge on any atom is 0.250 e. The first-order valence-corrected chi connectivity index (χ1v) is 3.32. The van der Waals surface area contributed by atoms with Gasteiger partial charge in [-0.25, -0.2) is 8.78 Å². The molecule has 1 unspecified atom stereocenters. The summed E-state index contributed by atoms with van der Waals surface area (Å²) in [5.41, 5.74) is 4.83. The van der Waals surface area contributed by atoms with E-state index >= 15 is 0 Å². The Bertz CT molecular complexity index is 130. The Morgan fingerprint density at radius 1 is 1.64 bits per heavy atom. The number of primary amides is 1. The molecule has 0 aromatic heterocycles. The molecule has 0 heterocycles. The zero-order valence-electron chi connectivity index (χ0n) is 6.31. The van der Waals surface area contributed by atoms with E-state index in [1.165, 1.54) is 0 Å². The van der Waals surface area contributed by atoms with E-state index in [9.17, 15) is 13.6 Å². The van der Waals surface area contributed by atoms with Crippen LogP contribution in [0.1, 0.15) is 13.3 Å². The molecule has 0 bridgehead atoms. The van der Waals surface area contributed by atoms with Crippen molar-refractivity contribution in [3.8, 4) is 0 Å². The van der Waals surface area contributed by atoms with Crippen LogP contribution < -0.4 is 11.1 Å². The summed E-state index contributed by atoms with van der Waals surface area (Å²) < 4.78 is 23.1. The van der Waals surface area contributed by atoms with Crippen LogP contribution >= 0.6 is 0 Å². The summed E-state index contributed by atoms with van der Waals surface area (Å²) in [5.74, 6) is -0.487. The highest BCUT2D eigenvalue weighted by Gasteiger charge is 2.07. The van der Waals surface area contributed by atoms with Crippen LogP contribution in [0, 0.1) is 0 Å². The largest absolute Gasteiger partial charge is 0.370 e. The molecule has 11 heavy (non-hydrogen) atoms. The van der Waals surface area contributed by atoms with Gasteiger partial charge in [0.15, 0.2) is 0 Å². The van der Waals surface area contributed by atoms with Gasteiger partial charge in [-0.05, 0) is 6.92 Å². The highest BCUT2D eigenvalue weighted by Crippen LogP contribution is 1.92. The van der Waals surface area contributed by atoms with Crippen molar-refractivity contribution < 1.29 is 13.6 Å². The molecule has 0 saturated carbocycles. The molecule has 0 saturated heterocycles. The molecule has 1 amide bonds. The summed E-state index contributed by atoms with van der Waals surface area (Å²) in [7, 11) is 0. The molecule has 0 fully saturated rings. The lowest BCUT2D eigenvalue weighted by molar-refractivity contribution is -0.118. The first-order chi connectivity index (χ1) is 5.02. The average Bonchev–Trinajstić information content (AvgIpc) is 1.82. The van der Waals surface area contributed by atoms with Crippen LogP contribution in [0.2, 0.25) is 0 Å².